The molecule has 0 aromatic rings. The highest BCUT2D eigenvalue weighted by Crippen LogP contribution is 2.40. The van der Waals surface area contributed by atoms with E-state index in [0.717, 1.165) is 12.8 Å². The Hall–Kier alpha value is -1.64. The Morgan fingerprint density at radius 1 is 1.40 bits per heavy atom. The molecule has 0 saturated carbocycles. The molecule has 0 bridgehead atoms. The van der Waals surface area contributed by atoms with Gasteiger partial charge in [0.2, 0.25) is 0 Å². The highest BCUT2D eigenvalue weighted by Gasteiger charge is 2.26. The first-order chi connectivity index (χ1) is 9.42. The summed E-state index contributed by atoms with van der Waals surface area (Å²) in [4.78, 5) is 22.4. The van der Waals surface area contributed by atoms with Crippen LogP contribution in [0.3, 0.4) is 0 Å². The first-order valence-corrected chi connectivity index (χ1v) is 7.13. The summed E-state index contributed by atoms with van der Waals surface area (Å²) in [6.45, 7) is 8.60. The van der Waals surface area contributed by atoms with Crippen LogP contribution in [0.2, 0.25) is 0 Å². The van der Waals surface area contributed by atoms with Gasteiger partial charge in [0.25, 0.3) is 0 Å². The zero-order chi connectivity index (χ0) is 15.2. The molecule has 1 rings (SSSR count). The van der Waals surface area contributed by atoms with Crippen molar-refractivity contribution in [2.75, 3.05) is 6.61 Å². The van der Waals surface area contributed by atoms with Gasteiger partial charge in [0.1, 0.15) is 6.29 Å². The van der Waals surface area contributed by atoms with Gasteiger partial charge in [-0.3, -0.25) is 4.79 Å². The van der Waals surface area contributed by atoms with Gasteiger partial charge in [0, 0.05) is 0 Å². The van der Waals surface area contributed by atoms with Crippen LogP contribution in [0, 0.1) is 5.41 Å². The molecular formula is C17H24O3. The molecule has 0 aromatic carbocycles. The van der Waals surface area contributed by atoms with Crippen LogP contribution in [0.5, 0.6) is 0 Å². The van der Waals surface area contributed by atoms with E-state index in [1.165, 1.54) is 23.6 Å². The quantitative estimate of drug-likeness (QED) is 0.332. The van der Waals surface area contributed by atoms with Gasteiger partial charge in [-0.15, -0.1) is 0 Å². The number of allylic oxidation sites excluding steroid dienone is 4. The van der Waals surface area contributed by atoms with Crippen molar-refractivity contribution in [1.82, 2.24) is 0 Å². The molecule has 3 nitrogen and oxygen atoms in total. The molecule has 1 aliphatic rings. The van der Waals surface area contributed by atoms with E-state index in [1.54, 1.807) is 13.0 Å². The molecular weight excluding hydrogens is 252 g/mol. The van der Waals surface area contributed by atoms with Crippen LogP contribution in [0.15, 0.2) is 34.9 Å². The predicted molar refractivity (Wildman–Crippen MR) is 80.3 cm³/mol. The van der Waals surface area contributed by atoms with Gasteiger partial charge in [-0.1, -0.05) is 25.5 Å². The fraction of sp³-hybridized carbons (Fsp3) is 0.529. The third-order valence-corrected chi connectivity index (χ3v) is 3.73. The lowest BCUT2D eigenvalue weighted by molar-refractivity contribution is -0.138. The Balaban J connectivity index is 3.01. The van der Waals surface area contributed by atoms with Crippen LogP contribution in [0.4, 0.5) is 0 Å². The Labute approximate surface area is 121 Å². The van der Waals surface area contributed by atoms with Crippen LogP contribution in [-0.4, -0.2) is 18.9 Å². The van der Waals surface area contributed by atoms with Crippen molar-refractivity contribution in [2.24, 2.45) is 5.41 Å². The second-order valence-electron chi connectivity index (χ2n) is 5.74. The highest BCUT2D eigenvalue weighted by molar-refractivity contribution is 5.95. The lowest BCUT2D eigenvalue weighted by Gasteiger charge is -2.32. The van der Waals surface area contributed by atoms with Gasteiger partial charge < -0.3 is 4.74 Å². The summed E-state index contributed by atoms with van der Waals surface area (Å²) >= 11 is 0. The van der Waals surface area contributed by atoms with Gasteiger partial charge in [0.15, 0.2) is 0 Å². The number of aldehydes is 1. The van der Waals surface area contributed by atoms with Gasteiger partial charge in [-0.2, -0.15) is 0 Å². The molecule has 110 valence electrons. The van der Waals surface area contributed by atoms with Crippen molar-refractivity contribution in [3.05, 3.63) is 34.9 Å². The predicted octanol–water partition coefficient (Wildman–Crippen LogP) is 3.76. The van der Waals surface area contributed by atoms with Gasteiger partial charge in [-0.25, -0.2) is 4.79 Å². The average Bonchev–Trinajstić information content (AvgIpc) is 2.36. The maximum absolute atomic E-state index is 11.7. The third-order valence-electron chi connectivity index (χ3n) is 3.73. The van der Waals surface area contributed by atoms with Crippen molar-refractivity contribution in [2.45, 2.75) is 47.0 Å². The second-order valence-corrected chi connectivity index (χ2v) is 5.74. The fourth-order valence-corrected chi connectivity index (χ4v) is 2.66. The molecule has 0 spiro atoms. The Bertz CT molecular complexity index is 465. The molecule has 0 radical (unpaired) electrons. The molecule has 0 amide bonds. The molecule has 0 aliphatic heterocycles. The second kappa shape index (κ2) is 7.22. The number of ether oxygens (including phenoxy) is 1. The summed E-state index contributed by atoms with van der Waals surface area (Å²) in [6, 6.07) is 0. The lowest BCUT2D eigenvalue weighted by atomic mass is 9.72. The molecule has 0 saturated heterocycles. The number of esters is 1. The summed E-state index contributed by atoms with van der Waals surface area (Å²) in [5.74, 6) is -0.456. The van der Waals surface area contributed by atoms with E-state index < -0.39 is 5.97 Å². The van der Waals surface area contributed by atoms with E-state index in [4.69, 9.17) is 4.74 Å². The SMILES string of the molecule is CCOC(=O)C(=C\C=O)/C=C/C1=C(C)CCCC1(C)C. The zero-order valence-electron chi connectivity index (χ0n) is 12.9. The van der Waals surface area contributed by atoms with Crippen molar-refractivity contribution >= 4 is 12.3 Å². The van der Waals surface area contributed by atoms with Crippen molar-refractivity contribution in [3.8, 4) is 0 Å². The van der Waals surface area contributed by atoms with E-state index in [-0.39, 0.29) is 5.41 Å². The average molecular weight is 276 g/mol. The van der Waals surface area contributed by atoms with Crippen molar-refractivity contribution < 1.29 is 14.3 Å². The summed E-state index contributed by atoms with van der Waals surface area (Å²) in [5, 5.41) is 0. The smallest absolute Gasteiger partial charge is 0.338 e. The van der Waals surface area contributed by atoms with Crippen LogP contribution >= 0.6 is 0 Å². The first kappa shape index (κ1) is 16.4. The minimum Gasteiger partial charge on any atom is -0.462 e. The largest absolute Gasteiger partial charge is 0.462 e. The van der Waals surface area contributed by atoms with E-state index in [1.807, 2.05) is 6.08 Å². The van der Waals surface area contributed by atoms with E-state index >= 15 is 0 Å². The highest BCUT2D eigenvalue weighted by atomic mass is 16.5. The van der Waals surface area contributed by atoms with Crippen LogP contribution in [-0.2, 0) is 14.3 Å². The Kier molecular flexibility index (Phi) is 5.93. The molecule has 0 unspecified atom stereocenters. The van der Waals surface area contributed by atoms with Crippen molar-refractivity contribution in [3.63, 3.8) is 0 Å². The fourth-order valence-electron chi connectivity index (χ4n) is 2.66. The van der Waals surface area contributed by atoms with Gasteiger partial charge in [0.05, 0.1) is 12.2 Å². The normalized spacial score (nSPS) is 19.3. The van der Waals surface area contributed by atoms with Gasteiger partial charge in [-0.05, 0) is 56.3 Å². The molecule has 20 heavy (non-hydrogen) atoms. The van der Waals surface area contributed by atoms with E-state index in [2.05, 4.69) is 20.8 Å². The van der Waals surface area contributed by atoms with E-state index in [0.29, 0.717) is 18.5 Å². The molecule has 3 heteroatoms. The minimum atomic E-state index is -0.456. The zero-order valence-corrected chi connectivity index (χ0v) is 12.9. The maximum atomic E-state index is 11.7. The number of hydrogen-bond acceptors (Lipinski definition) is 3. The van der Waals surface area contributed by atoms with Crippen LogP contribution in [0.1, 0.15) is 47.0 Å². The lowest BCUT2D eigenvalue weighted by Crippen LogP contribution is -2.19. The monoisotopic (exact) mass is 276 g/mol. The molecule has 0 fully saturated rings. The number of carbonyl (C=O) groups is 2. The van der Waals surface area contributed by atoms with E-state index in [9.17, 15) is 9.59 Å². The summed E-state index contributed by atoms with van der Waals surface area (Å²) in [5.41, 5.74) is 3.01. The summed E-state index contributed by atoms with van der Waals surface area (Å²) in [6.07, 6.45) is 8.94. The standard InChI is InChI=1S/C17H24O3/c1-5-20-16(19)14(10-12-18)8-9-15-13(2)7-6-11-17(15,3)4/h8-10,12H,5-7,11H2,1-4H3/b9-8+,14-10-. The third kappa shape index (κ3) is 4.19. The molecule has 0 atom stereocenters. The van der Waals surface area contributed by atoms with Crippen molar-refractivity contribution in [1.29, 1.82) is 0 Å². The minimum absolute atomic E-state index is 0.111. The summed E-state index contributed by atoms with van der Waals surface area (Å²) < 4.78 is 4.94. The Morgan fingerprint density at radius 2 is 2.10 bits per heavy atom. The molecule has 1 aliphatic carbocycles. The van der Waals surface area contributed by atoms with Crippen LogP contribution < -0.4 is 0 Å². The number of hydrogen-bond donors (Lipinski definition) is 0. The maximum Gasteiger partial charge on any atom is 0.338 e. The molecule has 0 heterocycles. The molecule has 0 aromatic heterocycles. The number of rotatable bonds is 5. The Morgan fingerprint density at radius 3 is 2.65 bits per heavy atom. The van der Waals surface area contributed by atoms with Gasteiger partial charge >= 0.3 is 5.97 Å². The summed E-state index contributed by atoms with van der Waals surface area (Å²) in [7, 11) is 0. The topological polar surface area (TPSA) is 43.4 Å². The first-order valence-electron chi connectivity index (χ1n) is 7.13. The van der Waals surface area contributed by atoms with Crippen LogP contribution in [0.25, 0.3) is 0 Å². The molecule has 0 N–H and O–H groups in total. The number of carbonyl (C=O) groups excluding carboxylic acids is 2.